The molecule has 0 radical (unpaired) electrons. The van der Waals surface area contributed by atoms with Gasteiger partial charge < -0.3 is 9.72 Å². The van der Waals surface area contributed by atoms with Gasteiger partial charge in [0.15, 0.2) is 0 Å². The zero-order valence-corrected chi connectivity index (χ0v) is 17.4. The fourth-order valence-corrected chi connectivity index (χ4v) is 3.92. The summed E-state index contributed by atoms with van der Waals surface area (Å²) < 4.78 is 4.95. The van der Waals surface area contributed by atoms with E-state index in [4.69, 9.17) is 16.3 Å². The third-order valence-electron chi connectivity index (χ3n) is 3.43. The average molecular weight is 382 g/mol. The highest BCUT2D eigenvalue weighted by Crippen LogP contribution is 2.34. The van der Waals surface area contributed by atoms with Gasteiger partial charge in [-0.25, -0.2) is 9.97 Å². The molecule has 3 aromatic heterocycles. The van der Waals surface area contributed by atoms with E-state index in [1.165, 1.54) is 10.9 Å². The zero-order valence-electron chi connectivity index (χ0n) is 14.8. The molecule has 24 heavy (non-hydrogen) atoms. The Morgan fingerprint density at radius 2 is 2.04 bits per heavy atom. The summed E-state index contributed by atoms with van der Waals surface area (Å²) in [6.07, 6.45) is 5.46. The number of fused-ring (bicyclic) bond motifs is 1. The molecule has 0 aliphatic heterocycles. The molecule has 0 bridgehead atoms. The van der Waals surface area contributed by atoms with E-state index in [2.05, 4.69) is 34.6 Å². The smallest absolute Gasteiger partial charge is 0.139 e. The molecule has 0 aromatic carbocycles. The van der Waals surface area contributed by atoms with Crippen LogP contribution in [0.3, 0.4) is 0 Å². The summed E-state index contributed by atoms with van der Waals surface area (Å²) in [6, 6.07) is 3.07. The number of hydrogen-bond donors (Lipinski definition) is 1. The molecular formula is C17H24ClN3OSSi. The molecule has 0 atom stereocenters. The minimum absolute atomic E-state index is 0.703. The predicted octanol–water partition coefficient (Wildman–Crippen LogP) is 5.62. The molecule has 0 aliphatic carbocycles. The summed E-state index contributed by atoms with van der Waals surface area (Å²) in [4.78, 5) is 12.9. The van der Waals surface area contributed by atoms with Crippen LogP contribution in [0.2, 0.25) is 30.7 Å². The Morgan fingerprint density at radius 3 is 2.58 bits per heavy atom. The number of methoxy groups -OCH3 is 1. The Kier molecular flexibility index (Phi) is 6.57. The fraction of sp³-hybridized carbons (Fsp3) is 0.412. The van der Waals surface area contributed by atoms with Crippen molar-refractivity contribution < 1.29 is 4.74 Å². The summed E-state index contributed by atoms with van der Waals surface area (Å²) in [5.74, 6) is 0. The van der Waals surface area contributed by atoms with Gasteiger partial charge in [0.1, 0.15) is 10.7 Å². The molecule has 0 spiro atoms. The number of pyridine rings is 1. The van der Waals surface area contributed by atoms with E-state index in [1.54, 1.807) is 30.7 Å². The summed E-state index contributed by atoms with van der Waals surface area (Å²) >= 11 is 7.83. The van der Waals surface area contributed by atoms with E-state index in [1.807, 2.05) is 19.3 Å². The van der Waals surface area contributed by atoms with Crippen molar-refractivity contribution in [1.29, 1.82) is 0 Å². The molecule has 3 rings (SSSR count). The minimum atomic E-state index is -0.803. The van der Waals surface area contributed by atoms with Crippen LogP contribution in [0, 0.1) is 6.92 Å². The average Bonchev–Trinajstić information content (AvgIpc) is 3.12. The lowest BCUT2D eigenvalue weighted by Gasteiger charge is -2.13. The van der Waals surface area contributed by atoms with Crippen LogP contribution in [0.15, 0.2) is 24.7 Å². The number of aryl methyl sites for hydroxylation is 1. The van der Waals surface area contributed by atoms with Crippen molar-refractivity contribution in [2.75, 3.05) is 13.7 Å². The predicted molar refractivity (Wildman–Crippen MR) is 107 cm³/mol. The second-order valence-corrected chi connectivity index (χ2v) is 14.1. The lowest BCUT2D eigenvalue weighted by molar-refractivity contribution is 0.214. The highest BCUT2D eigenvalue weighted by atomic mass is 35.5. The van der Waals surface area contributed by atoms with Gasteiger partial charge in [-0.2, -0.15) is 0 Å². The van der Waals surface area contributed by atoms with Gasteiger partial charge in [0.2, 0.25) is 0 Å². The van der Waals surface area contributed by atoms with Crippen molar-refractivity contribution in [3.63, 3.8) is 0 Å². The fourth-order valence-electron chi connectivity index (χ4n) is 2.07. The van der Waals surface area contributed by atoms with Gasteiger partial charge >= 0.3 is 0 Å². The second-order valence-electron chi connectivity index (χ2n) is 6.80. The number of rotatable bonds is 4. The zero-order chi connectivity index (χ0) is 17.7. The van der Waals surface area contributed by atoms with Crippen molar-refractivity contribution in [2.24, 2.45) is 0 Å². The molecule has 130 valence electrons. The first-order valence-corrected chi connectivity index (χ1v) is 12.8. The minimum Gasteiger partial charge on any atom is -0.385 e. The van der Waals surface area contributed by atoms with Gasteiger partial charge in [-0.05, 0) is 19.0 Å². The number of thiazole rings is 1. The van der Waals surface area contributed by atoms with Crippen molar-refractivity contribution in [1.82, 2.24) is 15.0 Å². The van der Waals surface area contributed by atoms with Crippen LogP contribution in [0.25, 0.3) is 21.6 Å². The number of halogens is 1. The maximum atomic E-state index is 6.18. The van der Waals surface area contributed by atoms with Crippen LogP contribution in [-0.4, -0.2) is 36.7 Å². The van der Waals surface area contributed by atoms with Crippen LogP contribution < -0.4 is 0 Å². The number of nitrogens with zero attached hydrogens (tertiary/aromatic N) is 2. The molecule has 1 N–H and O–H groups in total. The third kappa shape index (κ3) is 5.14. The van der Waals surface area contributed by atoms with E-state index in [0.717, 1.165) is 28.2 Å². The van der Waals surface area contributed by atoms with Gasteiger partial charge in [-0.1, -0.05) is 31.2 Å². The van der Waals surface area contributed by atoms with Gasteiger partial charge in [-0.15, -0.1) is 11.3 Å². The largest absolute Gasteiger partial charge is 0.385 e. The Morgan fingerprint density at radius 1 is 1.29 bits per heavy atom. The topological polar surface area (TPSA) is 50.8 Å². The first kappa shape index (κ1) is 19.1. The Hall–Kier alpha value is -1.21. The van der Waals surface area contributed by atoms with E-state index in [0.29, 0.717) is 5.02 Å². The summed E-state index contributed by atoms with van der Waals surface area (Å²) in [6.45, 7) is 10.0. The van der Waals surface area contributed by atoms with Crippen molar-refractivity contribution in [3.8, 4) is 10.6 Å². The molecular weight excluding hydrogens is 358 g/mol. The normalized spacial score (nSPS) is 11.4. The lowest BCUT2D eigenvalue weighted by Crippen LogP contribution is -2.21. The summed E-state index contributed by atoms with van der Waals surface area (Å²) in [5, 5.41) is 2.62. The van der Waals surface area contributed by atoms with E-state index in [9.17, 15) is 0 Å². The molecule has 7 heteroatoms. The monoisotopic (exact) mass is 381 g/mol. The second kappa shape index (κ2) is 8.25. The molecule has 0 aliphatic rings. The van der Waals surface area contributed by atoms with Gasteiger partial charge in [0.25, 0.3) is 0 Å². The maximum Gasteiger partial charge on any atom is 0.139 e. The number of ether oxygens (including phenoxy) is 1. The van der Waals surface area contributed by atoms with Crippen LogP contribution in [0.4, 0.5) is 0 Å². The van der Waals surface area contributed by atoms with E-state index >= 15 is 0 Å². The van der Waals surface area contributed by atoms with Crippen LogP contribution in [-0.2, 0) is 4.74 Å². The molecule has 0 saturated heterocycles. The Bertz CT molecular complexity index is 795. The first-order chi connectivity index (χ1) is 11.3. The third-order valence-corrected chi connectivity index (χ3v) is 6.40. The van der Waals surface area contributed by atoms with E-state index < -0.39 is 8.07 Å². The Balaban J connectivity index is 0.000000224. The Labute approximate surface area is 153 Å². The lowest BCUT2D eigenvalue weighted by atomic mass is 10.2. The quantitative estimate of drug-likeness (QED) is 0.596. The highest BCUT2D eigenvalue weighted by Gasteiger charge is 2.12. The number of nitrogens with one attached hydrogen (secondary N) is 1. The molecule has 3 heterocycles. The number of H-pyrrole nitrogens is 1. The van der Waals surface area contributed by atoms with Gasteiger partial charge in [-0.3, -0.25) is 0 Å². The van der Waals surface area contributed by atoms with Crippen LogP contribution in [0.1, 0.15) is 4.88 Å². The SMILES string of the molecule is COCC[Si](C)(C)C.Cc1cnc(-c2c[nH]c3nccc(Cl)c23)s1. The van der Waals surface area contributed by atoms with Crippen molar-refractivity contribution >= 4 is 42.0 Å². The molecule has 0 fully saturated rings. The molecule has 3 aromatic rings. The van der Waals surface area contributed by atoms with Crippen molar-refractivity contribution in [2.45, 2.75) is 32.6 Å². The van der Waals surface area contributed by atoms with Crippen LogP contribution in [0.5, 0.6) is 0 Å². The first-order valence-electron chi connectivity index (χ1n) is 7.85. The molecule has 4 nitrogen and oxygen atoms in total. The summed E-state index contributed by atoms with van der Waals surface area (Å²) in [5.41, 5.74) is 1.82. The highest BCUT2D eigenvalue weighted by molar-refractivity contribution is 7.15. The standard InChI is InChI=1S/C11H8ClN3S.C6H16OSi/c1-6-4-15-11(16-6)7-5-14-10-9(7)8(12)2-3-13-10;1-7-5-6-8(2,3)4/h2-5H,1H3,(H,13,14);5-6H2,1-4H3. The van der Waals surface area contributed by atoms with Crippen LogP contribution >= 0.6 is 22.9 Å². The summed E-state index contributed by atoms with van der Waals surface area (Å²) in [7, 11) is 0.961. The molecule has 0 amide bonds. The number of hydrogen-bond acceptors (Lipinski definition) is 4. The van der Waals surface area contributed by atoms with Gasteiger partial charge in [0, 0.05) is 56.2 Å². The number of aromatic nitrogens is 3. The van der Waals surface area contributed by atoms with E-state index in [-0.39, 0.29) is 0 Å². The number of aromatic amines is 1. The van der Waals surface area contributed by atoms with Crippen molar-refractivity contribution in [3.05, 3.63) is 34.6 Å². The molecule has 0 unspecified atom stereocenters. The maximum absolute atomic E-state index is 6.18. The molecule has 0 saturated carbocycles. The van der Waals surface area contributed by atoms with Gasteiger partial charge in [0.05, 0.1) is 5.02 Å².